The summed E-state index contributed by atoms with van der Waals surface area (Å²) in [6.07, 6.45) is 4.56. The van der Waals surface area contributed by atoms with Crippen LogP contribution in [0.25, 0.3) is 10.9 Å². The Morgan fingerprint density at radius 1 is 1.30 bits per heavy atom. The molecule has 8 heteroatoms. The molecule has 3 N–H and O–H groups in total. The number of aliphatic imine (C=N–C) groups is 1. The van der Waals surface area contributed by atoms with Crippen molar-refractivity contribution < 1.29 is 9.53 Å². The zero-order chi connectivity index (χ0) is 20.6. The van der Waals surface area contributed by atoms with Gasteiger partial charge in [-0.25, -0.2) is 4.79 Å². The van der Waals surface area contributed by atoms with E-state index in [9.17, 15) is 4.79 Å². The van der Waals surface area contributed by atoms with Crippen LogP contribution in [0.4, 0.5) is 4.79 Å². The number of hydrogen-bond acceptors (Lipinski definition) is 3. The molecule has 0 bridgehead atoms. The molecule has 166 valence electrons. The van der Waals surface area contributed by atoms with E-state index >= 15 is 0 Å². The average molecular weight is 527 g/mol. The molecular weight excluding hydrogens is 493 g/mol. The number of nitrogens with zero attached hydrogens (tertiary/aromatic N) is 2. The van der Waals surface area contributed by atoms with Crippen LogP contribution in [0.1, 0.15) is 37.8 Å². The topological polar surface area (TPSA) is 81.8 Å². The van der Waals surface area contributed by atoms with Crippen molar-refractivity contribution in [1.29, 1.82) is 0 Å². The molecule has 0 aliphatic carbocycles. The second-order valence-corrected chi connectivity index (χ2v) is 7.48. The number of likely N-dealkylation sites (tertiary alicyclic amines) is 1. The predicted molar refractivity (Wildman–Crippen MR) is 133 cm³/mol. The van der Waals surface area contributed by atoms with E-state index in [-0.39, 0.29) is 30.1 Å². The van der Waals surface area contributed by atoms with Gasteiger partial charge in [0, 0.05) is 49.3 Å². The maximum absolute atomic E-state index is 11.8. The van der Waals surface area contributed by atoms with Gasteiger partial charge in [0.15, 0.2) is 5.96 Å². The molecule has 0 radical (unpaired) electrons. The number of carbonyl (C=O) groups excluding carboxylic acids is 1. The Balaban J connectivity index is 0.00000320. The minimum atomic E-state index is -0.208. The third-order valence-corrected chi connectivity index (χ3v) is 5.28. The zero-order valence-corrected chi connectivity index (χ0v) is 20.5. The van der Waals surface area contributed by atoms with Crippen LogP contribution in [-0.4, -0.2) is 60.8 Å². The first-order valence-electron chi connectivity index (χ1n) is 10.6. The molecule has 7 nitrogen and oxygen atoms in total. The molecule has 0 spiro atoms. The Kier molecular flexibility index (Phi) is 9.74. The molecule has 1 aliphatic heterocycles. The SMILES string of the molecule is CCNC(=NCCc1c[nH]c2cc(C)ccc12)NC1CCN(C(=O)OCC)CC1.I. The number of carbonyl (C=O) groups is 1. The first-order valence-corrected chi connectivity index (χ1v) is 10.6. The lowest BCUT2D eigenvalue weighted by molar-refractivity contribution is 0.0963. The lowest BCUT2D eigenvalue weighted by Crippen LogP contribution is -2.50. The number of piperidine rings is 1. The third-order valence-electron chi connectivity index (χ3n) is 5.28. The summed E-state index contributed by atoms with van der Waals surface area (Å²) in [5.74, 6) is 0.845. The van der Waals surface area contributed by atoms with Crippen LogP contribution in [0.2, 0.25) is 0 Å². The van der Waals surface area contributed by atoms with Gasteiger partial charge in [0.1, 0.15) is 0 Å². The van der Waals surface area contributed by atoms with Gasteiger partial charge in [-0.3, -0.25) is 4.99 Å². The van der Waals surface area contributed by atoms with Gasteiger partial charge >= 0.3 is 6.09 Å². The molecule has 2 aromatic rings. The summed E-state index contributed by atoms with van der Waals surface area (Å²) in [6.45, 7) is 9.40. The number of hydrogen-bond donors (Lipinski definition) is 3. The van der Waals surface area contributed by atoms with E-state index in [0.29, 0.717) is 25.7 Å². The van der Waals surface area contributed by atoms with E-state index in [0.717, 1.165) is 38.3 Å². The number of aryl methyl sites for hydroxylation is 1. The molecule has 1 aliphatic rings. The second-order valence-electron chi connectivity index (χ2n) is 7.48. The highest BCUT2D eigenvalue weighted by Crippen LogP contribution is 2.20. The number of guanidine groups is 1. The van der Waals surface area contributed by atoms with E-state index in [4.69, 9.17) is 9.73 Å². The molecule has 0 unspecified atom stereocenters. The predicted octanol–water partition coefficient (Wildman–Crippen LogP) is 3.81. The highest BCUT2D eigenvalue weighted by Gasteiger charge is 2.24. The van der Waals surface area contributed by atoms with Crippen molar-refractivity contribution in [2.45, 2.75) is 46.1 Å². The minimum absolute atomic E-state index is 0. The summed E-state index contributed by atoms with van der Waals surface area (Å²) in [6, 6.07) is 6.82. The summed E-state index contributed by atoms with van der Waals surface area (Å²) in [4.78, 5) is 21.7. The van der Waals surface area contributed by atoms with Crippen LogP contribution in [0.3, 0.4) is 0 Å². The van der Waals surface area contributed by atoms with E-state index < -0.39 is 0 Å². The van der Waals surface area contributed by atoms with Gasteiger partial charge in [0.25, 0.3) is 0 Å². The molecular formula is C22H34IN5O2. The van der Waals surface area contributed by atoms with E-state index in [1.165, 1.54) is 22.0 Å². The highest BCUT2D eigenvalue weighted by molar-refractivity contribution is 14.0. The Morgan fingerprint density at radius 2 is 2.07 bits per heavy atom. The number of halogens is 1. The van der Waals surface area contributed by atoms with Crippen LogP contribution in [0.15, 0.2) is 29.4 Å². The van der Waals surface area contributed by atoms with Gasteiger partial charge < -0.3 is 25.3 Å². The van der Waals surface area contributed by atoms with Crippen molar-refractivity contribution in [3.8, 4) is 0 Å². The van der Waals surface area contributed by atoms with Gasteiger partial charge in [-0.15, -0.1) is 24.0 Å². The molecule has 1 saturated heterocycles. The molecule has 2 heterocycles. The smallest absolute Gasteiger partial charge is 0.409 e. The van der Waals surface area contributed by atoms with Crippen molar-refractivity contribution >= 4 is 46.9 Å². The molecule has 0 atom stereocenters. The second kappa shape index (κ2) is 12.0. The van der Waals surface area contributed by atoms with Crippen LogP contribution >= 0.6 is 24.0 Å². The summed E-state index contributed by atoms with van der Waals surface area (Å²) in [5.41, 5.74) is 3.74. The highest BCUT2D eigenvalue weighted by atomic mass is 127. The number of amides is 1. The molecule has 30 heavy (non-hydrogen) atoms. The van der Waals surface area contributed by atoms with Gasteiger partial charge in [0.05, 0.1) is 6.61 Å². The van der Waals surface area contributed by atoms with Gasteiger partial charge in [0.2, 0.25) is 0 Å². The average Bonchev–Trinajstić information content (AvgIpc) is 3.11. The summed E-state index contributed by atoms with van der Waals surface area (Å²) < 4.78 is 5.09. The maximum Gasteiger partial charge on any atom is 0.409 e. The quantitative estimate of drug-likeness (QED) is 0.303. The number of ether oxygens (including phenoxy) is 1. The van der Waals surface area contributed by atoms with Crippen LogP contribution in [0.5, 0.6) is 0 Å². The van der Waals surface area contributed by atoms with Crippen molar-refractivity contribution in [2.75, 3.05) is 32.8 Å². The Hall–Kier alpha value is -1.97. The largest absolute Gasteiger partial charge is 0.450 e. The number of aromatic amines is 1. The molecule has 1 aromatic heterocycles. The van der Waals surface area contributed by atoms with Crippen molar-refractivity contribution in [2.24, 2.45) is 4.99 Å². The number of nitrogens with one attached hydrogen (secondary N) is 3. The molecule has 3 rings (SSSR count). The Labute approximate surface area is 196 Å². The third kappa shape index (κ3) is 6.52. The molecule has 1 aromatic carbocycles. The van der Waals surface area contributed by atoms with Gasteiger partial charge in [-0.2, -0.15) is 0 Å². The Morgan fingerprint density at radius 3 is 2.77 bits per heavy atom. The summed E-state index contributed by atoms with van der Waals surface area (Å²) >= 11 is 0. The van der Waals surface area contributed by atoms with E-state index in [1.54, 1.807) is 4.90 Å². The van der Waals surface area contributed by atoms with E-state index in [2.05, 4.69) is 53.9 Å². The van der Waals surface area contributed by atoms with Crippen molar-refractivity contribution in [1.82, 2.24) is 20.5 Å². The fourth-order valence-electron chi connectivity index (χ4n) is 3.73. The number of aromatic nitrogens is 1. The van der Waals surface area contributed by atoms with Crippen molar-refractivity contribution in [3.05, 3.63) is 35.5 Å². The van der Waals surface area contributed by atoms with Gasteiger partial charge in [-0.1, -0.05) is 12.1 Å². The van der Waals surface area contributed by atoms with Gasteiger partial charge in [-0.05, 0) is 57.2 Å². The summed E-state index contributed by atoms with van der Waals surface area (Å²) in [7, 11) is 0. The van der Waals surface area contributed by atoms with E-state index in [1.807, 2.05) is 6.92 Å². The molecule has 1 fully saturated rings. The lowest BCUT2D eigenvalue weighted by atomic mass is 10.1. The van der Waals surface area contributed by atoms with Crippen molar-refractivity contribution in [3.63, 3.8) is 0 Å². The standard InChI is InChI=1S/C22H33N5O2.HI/c1-4-23-21(26-18-9-12-27(13-10-18)22(28)29-5-2)24-11-8-17-15-25-20-14-16(3)6-7-19(17)20;/h6-7,14-15,18,25H,4-5,8-13H2,1-3H3,(H2,23,24,26);1H. The minimum Gasteiger partial charge on any atom is -0.450 e. The molecule has 0 saturated carbocycles. The number of H-pyrrole nitrogens is 1. The Bertz CT molecular complexity index is 843. The number of fused-ring (bicyclic) bond motifs is 1. The zero-order valence-electron chi connectivity index (χ0n) is 18.2. The number of benzene rings is 1. The van der Waals surface area contributed by atoms with Crippen LogP contribution in [-0.2, 0) is 11.2 Å². The maximum atomic E-state index is 11.8. The van der Waals surface area contributed by atoms with Crippen LogP contribution in [0, 0.1) is 6.92 Å². The lowest BCUT2D eigenvalue weighted by Gasteiger charge is -2.32. The fourth-order valence-corrected chi connectivity index (χ4v) is 3.73. The number of rotatable bonds is 6. The fraction of sp³-hybridized carbons (Fsp3) is 0.545. The first-order chi connectivity index (χ1) is 14.1. The normalized spacial score (nSPS) is 15.0. The van der Waals surface area contributed by atoms with Crippen LogP contribution < -0.4 is 10.6 Å². The first kappa shape index (κ1) is 24.3. The molecule has 1 amide bonds. The summed E-state index contributed by atoms with van der Waals surface area (Å²) in [5, 5.41) is 8.13. The monoisotopic (exact) mass is 527 g/mol.